The summed E-state index contributed by atoms with van der Waals surface area (Å²) in [6, 6.07) is 13.2. The minimum Gasteiger partial charge on any atom is -0.497 e. The van der Waals surface area contributed by atoms with E-state index >= 15 is 0 Å². The number of hydrogen-bond acceptors (Lipinski definition) is 6. The van der Waals surface area contributed by atoms with Gasteiger partial charge in [-0.15, -0.1) is 17.9 Å². The fourth-order valence-corrected chi connectivity index (χ4v) is 6.69. The van der Waals surface area contributed by atoms with Crippen LogP contribution >= 0.6 is 22.9 Å². The van der Waals surface area contributed by atoms with E-state index in [2.05, 4.69) is 6.58 Å². The Morgan fingerprint density at radius 2 is 1.95 bits per heavy atom. The summed E-state index contributed by atoms with van der Waals surface area (Å²) in [6.07, 6.45) is 2.19. The molecule has 0 aliphatic carbocycles. The molecule has 10 heteroatoms. The molecule has 1 amide bonds. The van der Waals surface area contributed by atoms with Crippen molar-refractivity contribution >= 4 is 38.9 Å². The molecule has 0 N–H and O–H groups in total. The second-order valence-electron chi connectivity index (χ2n) is 8.64. The molecule has 0 saturated carbocycles. The van der Waals surface area contributed by atoms with E-state index in [-0.39, 0.29) is 36.5 Å². The van der Waals surface area contributed by atoms with Gasteiger partial charge in [0, 0.05) is 23.0 Å². The predicted octanol–water partition coefficient (Wildman–Crippen LogP) is 5.10. The molecule has 1 aromatic heterocycles. The van der Waals surface area contributed by atoms with Crippen molar-refractivity contribution < 1.29 is 22.7 Å². The van der Waals surface area contributed by atoms with Gasteiger partial charge in [-0.3, -0.25) is 4.79 Å². The van der Waals surface area contributed by atoms with Crippen LogP contribution in [0.2, 0.25) is 5.02 Å². The van der Waals surface area contributed by atoms with E-state index in [4.69, 9.17) is 21.1 Å². The van der Waals surface area contributed by atoms with Crippen LogP contribution in [0.15, 0.2) is 71.5 Å². The summed E-state index contributed by atoms with van der Waals surface area (Å²) < 4.78 is 39.1. The van der Waals surface area contributed by atoms with E-state index in [1.54, 1.807) is 40.5 Å². The average molecular weight is 561 g/mol. The van der Waals surface area contributed by atoms with Crippen LogP contribution in [0.5, 0.6) is 11.5 Å². The molecule has 3 aromatic rings. The third kappa shape index (κ3) is 6.01. The number of amides is 1. The van der Waals surface area contributed by atoms with Gasteiger partial charge >= 0.3 is 0 Å². The number of methoxy groups -OCH3 is 1. The lowest BCUT2D eigenvalue weighted by atomic mass is 10.0. The number of hydrogen-bond donors (Lipinski definition) is 0. The van der Waals surface area contributed by atoms with Gasteiger partial charge in [0.1, 0.15) is 18.1 Å². The van der Waals surface area contributed by atoms with E-state index in [9.17, 15) is 13.2 Å². The van der Waals surface area contributed by atoms with Gasteiger partial charge in [0.2, 0.25) is 15.9 Å². The summed E-state index contributed by atoms with van der Waals surface area (Å²) in [5.41, 5.74) is 1.93. The number of sulfonamides is 1. The summed E-state index contributed by atoms with van der Waals surface area (Å²) >= 11 is 7.80. The van der Waals surface area contributed by atoms with Gasteiger partial charge < -0.3 is 14.4 Å². The normalized spacial score (nSPS) is 15.4. The molecule has 196 valence electrons. The number of benzene rings is 2. The zero-order valence-electron chi connectivity index (χ0n) is 20.7. The molecule has 0 unspecified atom stereocenters. The highest BCUT2D eigenvalue weighted by Crippen LogP contribution is 2.34. The van der Waals surface area contributed by atoms with Gasteiger partial charge in [0.25, 0.3) is 0 Å². The predicted molar refractivity (Wildman–Crippen MR) is 146 cm³/mol. The van der Waals surface area contributed by atoms with Crippen molar-refractivity contribution in [1.82, 2.24) is 9.21 Å². The summed E-state index contributed by atoms with van der Waals surface area (Å²) in [4.78, 5) is 16.6. The van der Waals surface area contributed by atoms with Gasteiger partial charge in [0.15, 0.2) is 0 Å². The van der Waals surface area contributed by atoms with E-state index < -0.39 is 10.0 Å². The largest absolute Gasteiger partial charge is 0.497 e. The van der Waals surface area contributed by atoms with Crippen LogP contribution < -0.4 is 9.47 Å². The Hall–Kier alpha value is -2.85. The Balaban J connectivity index is 1.56. The van der Waals surface area contributed by atoms with E-state index in [1.807, 2.05) is 24.4 Å². The molecular weight excluding hydrogens is 532 g/mol. The number of halogens is 1. The summed E-state index contributed by atoms with van der Waals surface area (Å²) in [5.74, 6) is 0.910. The third-order valence-corrected chi connectivity index (χ3v) is 9.54. The molecule has 2 heterocycles. The molecular formula is C27H29ClN2O5S2. The fraction of sp³-hybridized carbons (Fsp3) is 0.296. The quantitative estimate of drug-likeness (QED) is 0.322. The standard InChI is InChI=1S/C27H29ClN2O5S2/c1-4-13-29(37(32,33)22-8-5-20(34-3)6-9-22)17-27(31)30-14-11-26-23(12-15-36-26)25(30)18-35-21-7-10-24(28)19(2)16-21/h4-10,12,15-16,25H,1,11,13-14,17-18H2,2-3H3/t25-/m0/s1. The molecule has 2 aromatic carbocycles. The Morgan fingerprint density at radius 3 is 2.62 bits per heavy atom. The highest BCUT2D eigenvalue weighted by molar-refractivity contribution is 7.89. The highest BCUT2D eigenvalue weighted by atomic mass is 35.5. The fourth-order valence-electron chi connectivity index (χ4n) is 4.29. The van der Waals surface area contributed by atoms with E-state index in [0.29, 0.717) is 29.5 Å². The maximum absolute atomic E-state index is 13.6. The van der Waals surface area contributed by atoms with E-state index in [1.165, 1.54) is 30.2 Å². The number of carbonyl (C=O) groups excluding carboxylic acids is 1. The lowest BCUT2D eigenvalue weighted by Crippen LogP contribution is -2.47. The second-order valence-corrected chi connectivity index (χ2v) is 12.0. The van der Waals surface area contributed by atoms with Gasteiger partial charge in [-0.2, -0.15) is 4.31 Å². The third-order valence-electron chi connectivity index (χ3n) is 6.29. The minimum absolute atomic E-state index is 0.00284. The lowest BCUT2D eigenvalue weighted by molar-refractivity contribution is -0.135. The monoisotopic (exact) mass is 560 g/mol. The van der Waals surface area contributed by atoms with Crippen LogP contribution in [0.1, 0.15) is 22.0 Å². The molecule has 0 saturated heterocycles. The van der Waals surface area contributed by atoms with Crippen LogP contribution in [0.4, 0.5) is 0 Å². The molecule has 1 atom stereocenters. The second kappa shape index (κ2) is 11.7. The SMILES string of the molecule is C=CCN(CC(=O)N1CCc2sccc2[C@@H]1COc1ccc(Cl)c(C)c1)S(=O)(=O)c1ccc(OC)cc1. The lowest BCUT2D eigenvalue weighted by Gasteiger charge is -2.37. The minimum atomic E-state index is -3.94. The van der Waals surface area contributed by atoms with Crippen LogP contribution in [0.3, 0.4) is 0 Å². The molecule has 0 radical (unpaired) electrons. The molecule has 4 rings (SSSR count). The summed E-state index contributed by atoms with van der Waals surface area (Å²) in [7, 11) is -2.42. The molecule has 0 bridgehead atoms. The zero-order chi connectivity index (χ0) is 26.6. The first-order valence-electron chi connectivity index (χ1n) is 11.7. The summed E-state index contributed by atoms with van der Waals surface area (Å²) in [5, 5.41) is 2.67. The van der Waals surface area contributed by atoms with Crippen molar-refractivity contribution in [2.75, 3.05) is 33.4 Å². The maximum Gasteiger partial charge on any atom is 0.243 e. The molecule has 37 heavy (non-hydrogen) atoms. The topological polar surface area (TPSA) is 76.2 Å². The first-order valence-corrected chi connectivity index (χ1v) is 14.4. The molecule has 1 aliphatic heterocycles. The first-order chi connectivity index (χ1) is 17.7. The number of thiophene rings is 1. The van der Waals surface area contributed by atoms with Gasteiger partial charge in [-0.1, -0.05) is 17.7 Å². The maximum atomic E-state index is 13.6. The molecule has 7 nitrogen and oxygen atoms in total. The van der Waals surface area contributed by atoms with Crippen molar-refractivity contribution in [3.63, 3.8) is 0 Å². The first kappa shape index (κ1) is 27.2. The number of carbonyl (C=O) groups is 1. The van der Waals surface area contributed by atoms with Gasteiger partial charge in [-0.05, 0) is 78.4 Å². The Kier molecular flexibility index (Phi) is 8.59. The molecule has 0 fully saturated rings. The number of fused-ring (bicyclic) bond motifs is 1. The van der Waals surface area contributed by atoms with Crippen LogP contribution in [0.25, 0.3) is 0 Å². The number of ether oxygens (including phenoxy) is 2. The van der Waals surface area contributed by atoms with Crippen LogP contribution in [0, 0.1) is 6.92 Å². The molecule has 0 spiro atoms. The van der Waals surface area contributed by atoms with Crippen molar-refractivity contribution in [3.8, 4) is 11.5 Å². The van der Waals surface area contributed by atoms with Crippen LogP contribution in [-0.4, -0.2) is 56.9 Å². The van der Waals surface area contributed by atoms with Gasteiger partial charge in [-0.25, -0.2) is 8.42 Å². The van der Waals surface area contributed by atoms with Gasteiger partial charge in [0.05, 0.1) is 24.6 Å². The van der Waals surface area contributed by atoms with Crippen molar-refractivity contribution in [1.29, 1.82) is 0 Å². The van der Waals surface area contributed by atoms with Crippen molar-refractivity contribution in [2.24, 2.45) is 0 Å². The Morgan fingerprint density at radius 1 is 1.22 bits per heavy atom. The van der Waals surface area contributed by atoms with E-state index in [0.717, 1.165) is 15.4 Å². The van der Waals surface area contributed by atoms with Crippen molar-refractivity contribution in [2.45, 2.75) is 24.3 Å². The molecule has 1 aliphatic rings. The zero-order valence-corrected chi connectivity index (χ0v) is 23.1. The average Bonchev–Trinajstić information content (AvgIpc) is 3.38. The highest BCUT2D eigenvalue weighted by Gasteiger charge is 2.35. The number of rotatable bonds is 10. The number of nitrogens with zero attached hydrogens (tertiary/aromatic N) is 2. The Labute approximate surface area is 226 Å². The Bertz CT molecular complexity index is 1370. The smallest absolute Gasteiger partial charge is 0.243 e. The number of aryl methyl sites for hydroxylation is 1. The van der Waals surface area contributed by atoms with Crippen molar-refractivity contribution in [3.05, 3.63) is 87.6 Å². The van der Waals surface area contributed by atoms with Crippen LogP contribution in [-0.2, 0) is 21.2 Å². The summed E-state index contributed by atoms with van der Waals surface area (Å²) in [6.45, 7) is 6.00.